The molecule has 5 nitrogen and oxygen atoms in total. The molecule has 0 aromatic carbocycles. The minimum atomic E-state index is -1.10. The molecule has 0 spiro atoms. The second-order valence-electron chi connectivity index (χ2n) is 1.95. The summed E-state index contributed by atoms with van der Waals surface area (Å²) in [5, 5.41) is 12.8. The summed E-state index contributed by atoms with van der Waals surface area (Å²) in [5.74, 6) is -1.10. The molecular formula is C6H9ClN2O3. The first-order chi connectivity index (χ1) is 5.52. The highest BCUT2D eigenvalue weighted by molar-refractivity contribution is 6.29. The first kappa shape index (κ1) is 10.8. The fraction of sp³-hybridized carbons (Fsp3) is 0.333. The Labute approximate surface area is 74.4 Å². The number of rotatable bonds is 4. The summed E-state index contributed by atoms with van der Waals surface area (Å²) in [7, 11) is 0. The van der Waals surface area contributed by atoms with E-state index in [4.69, 9.17) is 16.7 Å². The van der Waals surface area contributed by atoms with Crippen LogP contribution in [0.4, 0.5) is 4.79 Å². The Balaban J connectivity index is 3.47. The number of urea groups is 1. The van der Waals surface area contributed by atoms with Crippen molar-refractivity contribution in [2.75, 3.05) is 13.1 Å². The summed E-state index contributed by atoms with van der Waals surface area (Å²) in [4.78, 5) is 20.6. The molecule has 0 atom stereocenters. The molecule has 0 rings (SSSR count). The van der Waals surface area contributed by atoms with E-state index in [1.54, 1.807) is 0 Å². The second kappa shape index (κ2) is 5.42. The largest absolute Gasteiger partial charge is 0.480 e. The van der Waals surface area contributed by atoms with Gasteiger partial charge in [0, 0.05) is 5.03 Å². The summed E-state index contributed by atoms with van der Waals surface area (Å²) in [6, 6.07) is -0.584. The zero-order valence-electron chi connectivity index (χ0n) is 6.26. The van der Waals surface area contributed by atoms with Gasteiger partial charge >= 0.3 is 12.0 Å². The van der Waals surface area contributed by atoms with Gasteiger partial charge < -0.3 is 15.7 Å². The monoisotopic (exact) mass is 192 g/mol. The molecule has 0 aliphatic rings. The van der Waals surface area contributed by atoms with Crippen molar-refractivity contribution in [3.63, 3.8) is 0 Å². The van der Waals surface area contributed by atoms with E-state index in [0.29, 0.717) is 0 Å². The minimum Gasteiger partial charge on any atom is -0.480 e. The van der Waals surface area contributed by atoms with Gasteiger partial charge in [-0.15, -0.1) is 0 Å². The molecule has 0 heterocycles. The normalized spacial score (nSPS) is 8.75. The van der Waals surface area contributed by atoms with Crippen LogP contribution < -0.4 is 10.6 Å². The molecule has 0 saturated carbocycles. The van der Waals surface area contributed by atoms with Gasteiger partial charge in [-0.1, -0.05) is 18.2 Å². The molecule has 0 aliphatic carbocycles. The summed E-state index contributed by atoms with van der Waals surface area (Å²) >= 11 is 5.33. The minimum absolute atomic E-state index is 0.118. The Morgan fingerprint density at radius 2 is 1.83 bits per heavy atom. The zero-order valence-corrected chi connectivity index (χ0v) is 7.02. The van der Waals surface area contributed by atoms with Crippen molar-refractivity contribution in [3.05, 3.63) is 11.6 Å². The predicted octanol–water partition coefficient (Wildman–Crippen LogP) is 0.123. The molecule has 0 unspecified atom stereocenters. The highest BCUT2D eigenvalue weighted by Gasteiger charge is 2.01. The average Bonchev–Trinajstić information content (AvgIpc) is 1.96. The van der Waals surface area contributed by atoms with Crippen LogP contribution in [0, 0.1) is 0 Å². The van der Waals surface area contributed by atoms with E-state index in [9.17, 15) is 9.59 Å². The third kappa shape index (κ3) is 6.88. The Bertz CT molecular complexity index is 185. The number of hydrogen-bond donors (Lipinski definition) is 3. The van der Waals surface area contributed by atoms with Crippen LogP contribution in [0.5, 0.6) is 0 Å². The maximum absolute atomic E-state index is 10.7. The van der Waals surface area contributed by atoms with Crippen molar-refractivity contribution in [2.24, 2.45) is 0 Å². The van der Waals surface area contributed by atoms with Crippen LogP contribution in [-0.4, -0.2) is 30.2 Å². The van der Waals surface area contributed by atoms with Crippen LogP contribution in [0.3, 0.4) is 0 Å². The molecule has 3 N–H and O–H groups in total. The third-order valence-electron chi connectivity index (χ3n) is 0.841. The molecule has 12 heavy (non-hydrogen) atoms. The SMILES string of the molecule is C=C(Cl)CNC(=O)NCC(=O)O. The van der Waals surface area contributed by atoms with Crippen molar-refractivity contribution < 1.29 is 14.7 Å². The lowest BCUT2D eigenvalue weighted by atomic mass is 10.6. The average molecular weight is 193 g/mol. The van der Waals surface area contributed by atoms with Gasteiger partial charge in [0.15, 0.2) is 0 Å². The van der Waals surface area contributed by atoms with E-state index in [0.717, 1.165) is 0 Å². The predicted molar refractivity (Wildman–Crippen MR) is 44.0 cm³/mol. The molecule has 6 heteroatoms. The molecule has 0 aliphatic heterocycles. The molecule has 0 bridgehead atoms. The number of aliphatic carboxylic acids is 1. The van der Waals surface area contributed by atoms with Crippen LogP contribution in [0.25, 0.3) is 0 Å². The molecular weight excluding hydrogens is 184 g/mol. The van der Waals surface area contributed by atoms with E-state index in [1.165, 1.54) is 0 Å². The fourth-order valence-corrected chi connectivity index (χ4v) is 0.461. The summed E-state index contributed by atoms with van der Waals surface area (Å²) < 4.78 is 0. The molecule has 0 saturated heterocycles. The Morgan fingerprint density at radius 3 is 2.25 bits per heavy atom. The molecule has 68 valence electrons. The van der Waals surface area contributed by atoms with Gasteiger partial charge in [-0.3, -0.25) is 4.79 Å². The van der Waals surface area contributed by atoms with Crippen molar-refractivity contribution >= 4 is 23.6 Å². The van der Waals surface area contributed by atoms with Crippen LogP contribution >= 0.6 is 11.6 Å². The van der Waals surface area contributed by atoms with Crippen LogP contribution in [-0.2, 0) is 4.79 Å². The summed E-state index contributed by atoms with van der Waals surface area (Å²) in [6.07, 6.45) is 0. The standard InChI is InChI=1S/C6H9ClN2O3/c1-4(7)2-8-6(12)9-3-5(10)11/h1-3H2,(H,10,11)(H2,8,9,12). The van der Waals surface area contributed by atoms with Crippen LogP contribution in [0.2, 0.25) is 0 Å². The number of carbonyl (C=O) groups excluding carboxylic acids is 1. The number of carboxylic acid groups (broad SMARTS) is 1. The van der Waals surface area contributed by atoms with Crippen molar-refractivity contribution in [3.8, 4) is 0 Å². The topological polar surface area (TPSA) is 78.4 Å². The molecule has 0 fully saturated rings. The van der Waals surface area contributed by atoms with E-state index >= 15 is 0 Å². The van der Waals surface area contributed by atoms with E-state index in [-0.39, 0.29) is 11.6 Å². The summed E-state index contributed by atoms with van der Waals surface area (Å²) in [5.41, 5.74) is 0. The summed E-state index contributed by atoms with van der Waals surface area (Å²) in [6.45, 7) is 3.03. The van der Waals surface area contributed by atoms with Crippen LogP contribution in [0.15, 0.2) is 11.6 Å². The Kier molecular flexibility index (Phi) is 4.87. The van der Waals surface area contributed by atoms with Gasteiger partial charge in [-0.2, -0.15) is 0 Å². The number of carboxylic acids is 1. The van der Waals surface area contributed by atoms with Gasteiger partial charge in [-0.05, 0) is 0 Å². The lowest BCUT2D eigenvalue weighted by Gasteiger charge is -2.03. The van der Waals surface area contributed by atoms with E-state index in [1.807, 2.05) is 0 Å². The number of hydrogen-bond acceptors (Lipinski definition) is 2. The van der Waals surface area contributed by atoms with Crippen LogP contribution in [0.1, 0.15) is 0 Å². The highest BCUT2D eigenvalue weighted by atomic mass is 35.5. The van der Waals surface area contributed by atoms with E-state index < -0.39 is 18.5 Å². The number of halogens is 1. The lowest BCUT2D eigenvalue weighted by Crippen LogP contribution is -2.38. The van der Waals surface area contributed by atoms with Gasteiger partial charge in [0.05, 0.1) is 6.54 Å². The number of nitrogens with one attached hydrogen (secondary N) is 2. The quantitative estimate of drug-likeness (QED) is 0.592. The zero-order chi connectivity index (χ0) is 9.56. The molecule has 0 radical (unpaired) electrons. The van der Waals surface area contributed by atoms with Crippen molar-refractivity contribution in [1.82, 2.24) is 10.6 Å². The number of carbonyl (C=O) groups is 2. The molecule has 0 aromatic heterocycles. The van der Waals surface area contributed by atoms with Gasteiger partial charge in [0.2, 0.25) is 0 Å². The third-order valence-corrected chi connectivity index (χ3v) is 0.975. The van der Waals surface area contributed by atoms with Gasteiger partial charge in [-0.25, -0.2) is 4.79 Å². The highest BCUT2D eigenvalue weighted by Crippen LogP contribution is 1.91. The van der Waals surface area contributed by atoms with E-state index in [2.05, 4.69) is 17.2 Å². The first-order valence-corrected chi connectivity index (χ1v) is 3.47. The fourth-order valence-electron chi connectivity index (χ4n) is 0.395. The first-order valence-electron chi connectivity index (χ1n) is 3.09. The maximum atomic E-state index is 10.7. The maximum Gasteiger partial charge on any atom is 0.323 e. The Hall–Kier alpha value is -1.23. The second-order valence-corrected chi connectivity index (χ2v) is 2.48. The van der Waals surface area contributed by atoms with Gasteiger partial charge in [0.1, 0.15) is 6.54 Å². The smallest absolute Gasteiger partial charge is 0.323 e. The Morgan fingerprint density at radius 1 is 1.33 bits per heavy atom. The lowest BCUT2D eigenvalue weighted by molar-refractivity contribution is -0.135. The molecule has 0 aromatic rings. The van der Waals surface area contributed by atoms with Crippen molar-refractivity contribution in [2.45, 2.75) is 0 Å². The van der Waals surface area contributed by atoms with Gasteiger partial charge in [0.25, 0.3) is 0 Å². The molecule has 2 amide bonds. The van der Waals surface area contributed by atoms with Crippen molar-refractivity contribution in [1.29, 1.82) is 0 Å². The number of amides is 2.